The van der Waals surface area contributed by atoms with E-state index in [1.807, 2.05) is 23.8 Å². The van der Waals surface area contributed by atoms with Gasteiger partial charge in [-0.15, -0.1) is 0 Å². The Morgan fingerprint density at radius 3 is 2.64 bits per heavy atom. The number of ether oxygens (including phenoxy) is 1. The van der Waals surface area contributed by atoms with Crippen molar-refractivity contribution in [2.24, 2.45) is 0 Å². The Hall–Kier alpha value is -3.15. The summed E-state index contributed by atoms with van der Waals surface area (Å²) in [6.07, 6.45) is 3.58. The highest BCUT2D eigenvalue weighted by Crippen LogP contribution is 2.24. The van der Waals surface area contributed by atoms with Crippen molar-refractivity contribution >= 4 is 5.91 Å². The second-order valence-corrected chi connectivity index (χ2v) is 5.62. The second-order valence-electron chi connectivity index (χ2n) is 5.62. The molecule has 0 aliphatic heterocycles. The number of halogens is 1. The highest BCUT2D eigenvalue weighted by atomic mass is 19.1. The van der Waals surface area contributed by atoms with E-state index in [2.05, 4.69) is 10.3 Å². The Balaban J connectivity index is 1.75. The summed E-state index contributed by atoms with van der Waals surface area (Å²) in [5.41, 5.74) is 3.01. The van der Waals surface area contributed by atoms with E-state index in [9.17, 15) is 9.18 Å². The molecule has 6 heteroatoms. The average molecular weight is 339 g/mol. The predicted molar refractivity (Wildman–Crippen MR) is 92.4 cm³/mol. The SMILES string of the molecule is COc1cc(C(=O)NCc2ccc(F)cc2)ccc1-n1cnc(C)c1. The zero-order valence-corrected chi connectivity index (χ0v) is 14.0. The normalized spacial score (nSPS) is 10.5. The van der Waals surface area contributed by atoms with Crippen molar-refractivity contribution in [3.63, 3.8) is 0 Å². The number of benzene rings is 2. The van der Waals surface area contributed by atoms with Crippen LogP contribution in [0.1, 0.15) is 21.6 Å². The third kappa shape index (κ3) is 3.85. The summed E-state index contributed by atoms with van der Waals surface area (Å²) in [5, 5.41) is 2.81. The lowest BCUT2D eigenvalue weighted by molar-refractivity contribution is 0.0950. The molecular formula is C19H18FN3O2. The molecule has 0 bridgehead atoms. The molecule has 128 valence electrons. The third-order valence-electron chi connectivity index (χ3n) is 3.80. The van der Waals surface area contributed by atoms with Crippen LogP contribution in [-0.4, -0.2) is 22.6 Å². The summed E-state index contributed by atoms with van der Waals surface area (Å²) >= 11 is 0. The van der Waals surface area contributed by atoms with Gasteiger partial charge in [0.2, 0.25) is 0 Å². The lowest BCUT2D eigenvalue weighted by Gasteiger charge is -2.11. The van der Waals surface area contributed by atoms with Gasteiger partial charge in [0.25, 0.3) is 5.91 Å². The summed E-state index contributed by atoms with van der Waals surface area (Å²) < 4.78 is 20.2. The van der Waals surface area contributed by atoms with Gasteiger partial charge in [0.05, 0.1) is 24.8 Å². The fraction of sp³-hybridized carbons (Fsp3) is 0.158. The first-order valence-corrected chi connectivity index (χ1v) is 7.78. The van der Waals surface area contributed by atoms with Crippen molar-refractivity contribution in [2.75, 3.05) is 7.11 Å². The van der Waals surface area contributed by atoms with Crippen LogP contribution in [0.5, 0.6) is 5.75 Å². The van der Waals surface area contributed by atoms with Gasteiger partial charge in [0, 0.05) is 18.3 Å². The number of hydrogen-bond donors (Lipinski definition) is 1. The van der Waals surface area contributed by atoms with Crippen molar-refractivity contribution in [1.82, 2.24) is 14.9 Å². The van der Waals surface area contributed by atoms with Crippen LogP contribution in [-0.2, 0) is 6.54 Å². The molecule has 0 saturated carbocycles. The lowest BCUT2D eigenvalue weighted by Crippen LogP contribution is -2.22. The fourth-order valence-corrected chi connectivity index (χ4v) is 2.47. The minimum atomic E-state index is -0.301. The smallest absolute Gasteiger partial charge is 0.251 e. The molecular weight excluding hydrogens is 321 g/mol. The Morgan fingerprint density at radius 1 is 1.24 bits per heavy atom. The first-order chi connectivity index (χ1) is 12.1. The molecule has 2 aromatic carbocycles. The Labute approximate surface area is 145 Å². The molecule has 25 heavy (non-hydrogen) atoms. The topological polar surface area (TPSA) is 56.1 Å². The van der Waals surface area contributed by atoms with E-state index in [0.717, 1.165) is 16.9 Å². The molecule has 0 aliphatic rings. The molecule has 0 atom stereocenters. The lowest BCUT2D eigenvalue weighted by atomic mass is 10.1. The van der Waals surface area contributed by atoms with Crippen LogP contribution in [0.25, 0.3) is 5.69 Å². The van der Waals surface area contributed by atoms with Gasteiger partial charge in [-0.1, -0.05) is 12.1 Å². The van der Waals surface area contributed by atoms with Crippen molar-refractivity contribution in [3.8, 4) is 11.4 Å². The highest BCUT2D eigenvalue weighted by molar-refractivity contribution is 5.95. The summed E-state index contributed by atoms with van der Waals surface area (Å²) in [5.74, 6) is 0.0490. The molecule has 0 spiro atoms. The number of aryl methyl sites for hydroxylation is 1. The molecule has 0 unspecified atom stereocenters. The Bertz CT molecular complexity index is 888. The maximum absolute atomic E-state index is 12.9. The molecule has 1 N–H and O–H groups in total. The first-order valence-electron chi connectivity index (χ1n) is 7.78. The quantitative estimate of drug-likeness (QED) is 0.776. The number of nitrogens with one attached hydrogen (secondary N) is 1. The number of hydrogen-bond acceptors (Lipinski definition) is 3. The van der Waals surface area contributed by atoms with E-state index in [1.54, 1.807) is 37.7 Å². The number of rotatable bonds is 5. The maximum Gasteiger partial charge on any atom is 0.251 e. The summed E-state index contributed by atoms with van der Waals surface area (Å²) in [6, 6.07) is 11.2. The predicted octanol–water partition coefficient (Wildman–Crippen LogP) is 3.26. The Kier molecular flexibility index (Phi) is 4.79. The molecule has 1 amide bonds. The van der Waals surface area contributed by atoms with Crippen LogP contribution < -0.4 is 10.1 Å². The van der Waals surface area contributed by atoms with Crippen LogP contribution >= 0.6 is 0 Å². The Morgan fingerprint density at radius 2 is 2.00 bits per heavy atom. The number of nitrogens with zero attached hydrogens (tertiary/aromatic N) is 2. The minimum absolute atomic E-state index is 0.226. The van der Waals surface area contributed by atoms with E-state index in [4.69, 9.17) is 4.74 Å². The van der Waals surface area contributed by atoms with Crippen molar-refractivity contribution in [3.05, 3.63) is 77.6 Å². The van der Waals surface area contributed by atoms with E-state index >= 15 is 0 Å². The standard InChI is InChI=1S/C19H18FN3O2/c1-13-11-23(12-22-13)17-8-5-15(9-18(17)25-2)19(24)21-10-14-3-6-16(20)7-4-14/h3-9,11-12H,10H2,1-2H3,(H,21,24). The zero-order chi connectivity index (χ0) is 17.8. The van der Waals surface area contributed by atoms with Crippen LogP contribution in [0.4, 0.5) is 4.39 Å². The van der Waals surface area contributed by atoms with Gasteiger partial charge < -0.3 is 14.6 Å². The van der Waals surface area contributed by atoms with Gasteiger partial charge in [0.1, 0.15) is 11.6 Å². The molecule has 1 heterocycles. The molecule has 0 aliphatic carbocycles. The number of imidazole rings is 1. The first kappa shape index (κ1) is 16.7. The number of aromatic nitrogens is 2. The van der Waals surface area contributed by atoms with Crippen molar-refractivity contribution < 1.29 is 13.9 Å². The van der Waals surface area contributed by atoms with Gasteiger partial charge in [-0.3, -0.25) is 4.79 Å². The number of methoxy groups -OCH3 is 1. The molecule has 0 fully saturated rings. The van der Waals surface area contributed by atoms with Gasteiger partial charge in [0.15, 0.2) is 0 Å². The van der Waals surface area contributed by atoms with Crippen molar-refractivity contribution in [1.29, 1.82) is 0 Å². The van der Waals surface area contributed by atoms with Gasteiger partial charge in [-0.05, 0) is 42.8 Å². The van der Waals surface area contributed by atoms with Crippen LogP contribution in [0, 0.1) is 12.7 Å². The van der Waals surface area contributed by atoms with Crippen molar-refractivity contribution in [2.45, 2.75) is 13.5 Å². The van der Waals surface area contributed by atoms with Gasteiger partial charge in [-0.25, -0.2) is 9.37 Å². The third-order valence-corrected chi connectivity index (χ3v) is 3.80. The molecule has 0 radical (unpaired) electrons. The average Bonchev–Trinajstić information content (AvgIpc) is 3.06. The van der Waals surface area contributed by atoms with E-state index < -0.39 is 0 Å². The fourth-order valence-electron chi connectivity index (χ4n) is 2.47. The van der Waals surface area contributed by atoms with Crippen LogP contribution in [0.15, 0.2) is 55.0 Å². The minimum Gasteiger partial charge on any atom is -0.495 e. The summed E-state index contributed by atoms with van der Waals surface area (Å²) in [4.78, 5) is 16.5. The zero-order valence-electron chi connectivity index (χ0n) is 14.0. The molecule has 3 aromatic rings. The molecule has 0 saturated heterocycles. The van der Waals surface area contributed by atoms with Crippen LogP contribution in [0.3, 0.4) is 0 Å². The second kappa shape index (κ2) is 7.17. The van der Waals surface area contributed by atoms with E-state index in [1.165, 1.54) is 12.1 Å². The van der Waals surface area contributed by atoms with Gasteiger partial charge >= 0.3 is 0 Å². The molecule has 1 aromatic heterocycles. The van der Waals surface area contributed by atoms with Crippen LogP contribution in [0.2, 0.25) is 0 Å². The summed E-state index contributed by atoms with van der Waals surface area (Å²) in [7, 11) is 1.56. The van der Waals surface area contributed by atoms with Gasteiger partial charge in [-0.2, -0.15) is 0 Å². The highest BCUT2D eigenvalue weighted by Gasteiger charge is 2.12. The molecule has 3 rings (SSSR count). The van der Waals surface area contributed by atoms with E-state index in [-0.39, 0.29) is 11.7 Å². The number of amides is 1. The number of carbonyl (C=O) groups excluding carboxylic acids is 1. The monoisotopic (exact) mass is 339 g/mol. The molecule has 5 nitrogen and oxygen atoms in total. The summed E-state index contributed by atoms with van der Waals surface area (Å²) in [6.45, 7) is 2.23. The maximum atomic E-state index is 12.9. The van der Waals surface area contributed by atoms with E-state index in [0.29, 0.717) is 17.9 Å². The largest absolute Gasteiger partial charge is 0.495 e. The number of carbonyl (C=O) groups is 1.